The van der Waals surface area contributed by atoms with E-state index in [2.05, 4.69) is 33.9 Å². The Balaban J connectivity index is 2.26. The van der Waals surface area contributed by atoms with Crippen LogP contribution in [0.15, 0.2) is 29.3 Å². The first kappa shape index (κ1) is 10.9. The minimum absolute atomic E-state index is 0.115. The third kappa shape index (κ3) is 1.99. The molecule has 0 saturated heterocycles. The summed E-state index contributed by atoms with van der Waals surface area (Å²) in [6.07, 6.45) is 5.32. The second kappa shape index (κ2) is 4.09. The highest BCUT2D eigenvalue weighted by molar-refractivity contribution is 5.12. The fraction of sp³-hybridized carbons (Fsp3) is 0.455. The fourth-order valence-electron chi connectivity index (χ4n) is 1.59. The Kier molecular flexibility index (Phi) is 2.78. The van der Waals surface area contributed by atoms with Gasteiger partial charge in [0.15, 0.2) is 5.76 Å². The average molecular weight is 220 g/mol. The van der Waals surface area contributed by atoms with E-state index in [0.717, 1.165) is 11.5 Å². The van der Waals surface area contributed by atoms with Crippen LogP contribution in [0, 0.1) is 0 Å². The van der Waals surface area contributed by atoms with E-state index in [4.69, 9.17) is 4.52 Å². The summed E-state index contributed by atoms with van der Waals surface area (Å²) >= 11 is 0. The lowest BCUT2D eigenvalue weighted by molar-refractivity contribution is 0.363. The molecule has 0 spiro atoms. The Morgan fingerprint density at radius 2 is 2.31 bits per heavy atom. The molecule has 2 heterocycles. The third-order valence-corrected chi connectivity index (χ3v) is 2.80. The second-order valence-corrected chi connectivity index (χ2v) is 4.26. The Morgan fingerprint density at radius 3 is 2.94 bits per heavy atom. The van der Waals surface area contributed by atoms with Gasteiger partial charge in [0.25, 0.3) is 0 Å². The summed E-state index contributed by atoms with van der Waals surface area (Å²) in [5.74, 6) is 0.825. The van der Waals surface area contributed by atoms with Gasteiger partial charge in [-0.1, -0.05) is 5.16 Å². The Hall–Kier alpha value is -1.62. The van der Waals surface area contributed by atoms with E-state index < -0.39 is 0 Å². The number of aromatic nitrogens is 3. The molecule has 0 aliphatic heterocycles. The lowest BCUT2D eigenvalue weighted by Crippen LogP contribution is -2.35. The molecule has 2 aromatic rings. The van der Waals surface area contributed by atoms with Crippen LogP contribution in [0.5, 0.6) is 0 Å². The summed E-state index contributed by atoms with van der Waals surface area (Å²) in [7, 11) is 1.94. The van der Waals surface area contributed by atoms with Crippen LogP contribution < -0.4 is 5.32 Å². The molecule has 0 saturated carbocycles. The molecule has 0 aliphatic carbocycles. The molecule has 0 aliphatic rings. The molecule has 5 heteroatoms. The van der Waals surface area contributed by atoms with Crippen LogP contribution in [0.3, 0.4) is 0 Å². The van der Waals surface area contributed by atoms with Gasteiger partial charge in [0.05, 0.1) is 36.5 Å². The van der Waals surface area contributed by atoms with Gasteiger partial charge >= 0.3 is 0 Å². The third-order valence-electron chi connectivity index (χ3n) is 2.80. The molecule has 0 fully saturated rings. The maximum atomic E-state index is 5.09. The van der Waals surface area contributed by atoms with Crippen molar-refractivity contribution in [3.63, 3.8) is 0 Å². The van der Waals surface area contributed by atoms with E-state index in [0.29, 0.717) is 6.54 Å². The van der Waals surface area contributed by atoms with Crippen molar-refractivity contribution in [1.82, 2.24) is 20.0 Å². The van der Waals surface area contributed by atoms with Crippen molar-refractivity contribution in [1.29, 1.82) is 0 Å². The monoisotopic (exact) mass is 220 g/mol. The minimum atomic E-state index is -0.115. The van der Waals surface area contributed by atoms with Gasteiger partial charge in [-0.15, -0.1) is 0 Å². The van der Waals surface area contributed by atoms with E-state index in [1.54, 1.807) is 12.5 Å². The van der Waals surface area contributed by atoms with Crippen LogP contribution in [0.1, 0.15) is 25.3 Å². The molecule has 0 radical (unpaired) electrons. The van der Waals surface area contributed by atoms with Gasteiger partial charge < -0.3 is 14.4 Å². The molecule has 0 amide bonds. The number of hydrogen-bond donors (Lipinski definition) is 1. The van der Waals surface area contributed by atoms with Gasteiger partial charge in [-0.3, -0.25) is 0 Å². The first-order chi connectivity index (χ1) is 7.63. The molecule has 86 valence electrons. The van der Waals surface area contributed by atoms with Gasteiger partial charge in [-0.2, -0.15) is 0 Å². The molecule has 2 aromatic heterocycles. The smallest absolute Gasteiger partial charge is 0.156 e. The number of rotatable bonds is 4. The summed E-state index contributed by atoms with van der Waals surface area (Å²) < 4.78 is 7.14. The Bertz CT molecular complexity index is 444. The normalized spacial score (nSPS) is 11.9. The SMILES string of the molecule is CNC(C)(C)c1cncn1Cc1ccno1. The van der Waals surface area contributed by atoms with Crippen LogP contribution in [0.25, 0.3) is 0 Å². The molecule has 0 atom stereocenters. The number of nitrogens with one attached hydrogen (secondary N) is 1. The van der Waals surface area contributed by atoms with E-state index in [1.165, 1.54) is 0 Å². The summed E-state index contributed by atoms with van der Waals surface area (Å²) in [5, 5.41) is 6.95. The minimum Gasteiger partial charge on any atom is -0.359 e. The summed E-state index contributed by atoms with van der Waals surface area (Å²) in [5.41, 5.74) is 1.00. The zero-order valence-corrected chi connectivity index (χ0v) is 9.77. The summed E-state index contributed by atoms with van der Waals surface area (Å²) in [4.78, 5) is 4.18. The zero-order valence-electron chi connectivity index (χ0n) is 9.77. The zero-order chi connectivity index (χ0) is 11.6. The molecule has 16 heavy (non-hydrogen) atoms. The maximum Gasteiger partial charge on any atom is 0.156 e. The lowest BCUT2D eigenvalue weighted by Gasteiger charge is -2.25. The van der Waals surface area contributed by atoms with E-state index in [9.17, 15) is 0 Å². The highest BCUT2D eigenvalue weighted by atomic mass is 16.5. The Morgan fingerprint density at radius 1 is 1.50 bits per heavy atom. The Labute approximate surface area is 94.5 Å². The van der Waals surface area contributed by atoms with Crippen molar-refractivity contribution in [2.45, 2.75) is 25.9 Å². The van der Waals surface area contributed by atoms with Crippen LogP contribution in [-0.2, 0) is 12.1 Å². The van der Waals surface area contributed by atoms with Crippen molar-refractivity contribution in [3.8, 4) is 0 Å². The molecule has 0 unspecified atom stereocenters. The van der Waals surface area contributed by atoms with E-state index in [-0.39, 0.29) is 5.54 Å². The van der Waals surface area contributed by atoms with Crippen LogP contribution in [0.4, 0.5) is 0 Å². The molecule has 0 aromatic carbocycles. The highest BCUT2D eigenvalue weighted by Gasteiger charge is 2.22. The number of hydrogen-bond acceptors (Lipinski definition) is 4. The second-order valence-electron chi connectivity index (χ2n) is 4.26. The average Bonchev–Trinajstić information content (AvgIpc) is 2.89. The van der Waals surface area contributed by atoms with Crippen molar-refractivity contribution in [2.24, 2.45) is 0 Å². The summed E-state index contributed by atoms with van der Waals surface area (Å²) in [6.45, 7) is 4.88. The fourth-order valence-corrected chi connectivity index (χ4v) is 1.59. The quantitative estimate of drug-likeness (QED) is 0.845. The van der Waals surface area contributed by atoms with Gasteiger partial charge in [-0.25, -0.2) is 4.98 Å². The van der Waals surface area contributed by atoms with Crippen LogP contribution >= 0.6 is 0 Å². The lowest BCUT2D eigenvalue weighted by atomic mass is 10.0. The standard InChI is InChI=1S/C11H16N4O/c1-11(2,12-3)10-6-13-8-15(10)7-9-4-5-14-16-9/h4-6,8,12H,7H2,1-3H3. The van der Waals surface area contributed by atoms with Crippen molar-refractivity contribution >= 4 is 0 Å². The van der Waals surface area contributed by atoms with E-state index in [1.807, 2.05) is 19.3 Å². The van der Waals surface area contributed by atoms with Crippen LogP contribution in [-0.4, -0.2) is 21.8 Å². The van der Waals surface area contributed by atoms with Crippen LogP contribution in [0.2, 0.25) is 0 Å². The first-order valence-electron chi connectivity index (χ1n) is 5.22. The van der Waals surface area contributed by atoms with Gasteiger partial charge in [0.2, 0.25) is 0 Å². The number of imidazole rings is 1. The van der Waals surface area contributed by atoms with Gasteiger partial charge in [0.1, 0.15) is 0 Å². The van der Waals surface area contributed by atoms with E-state index >= 15 is 0 Å². The van der Waals surface area contributed by atoms with Crippen molar-refractivity contribution < 1.29 is 4.52 Å². The molecule has 0 bridgehead atoms. The summed E-state index contributed by atoms with van der Waals surface area (Å²) in [6, 6.07) is 1.86. The molecule has 5 nitrogen and oxygen atoms in total. The predicted octanol–water partition coefficient (Wildman–Crippen LogP) is 1.37. The molecule has 2 rings (SSSR count). The molecule has 1 N–H and O–H groups in total. The topological polar surface area (TPSA) is 55.9 Å². The van der Waals surface area contributed by atoms with Gasteiger partial charge in [-0.05, 0) is 20.9 Å². The maximum absolute atomic E-state index is 5.09. The molecular formula is C11H16N4O. The largest absolute Gasteiger partial charge is 0.359 e. The van der Waals surface area contributed by atoms with Gasteiger partial charge in [0, 0.05) is 6.07 Å². The highest BCUT2D eigenvalue weighted by Crippen LogP contribution is 2.19. The number of nitrogens with zero attached hydrogens (tertiary/aromatic N) is 3. The first-order valence-corrected chi connectivity index (χ1v) is 5.22. The predicted molar refractivity (Wildman–Crippen MR) is 59.9 cm³/mol. The van der Waals surface area contributed by atoms with Crippen molar-refractivity contribution in [3.05, 3.63) is 36.2 Å². The van der Waals surface area contributed by atoms with Crippen molar-refractivity contribution in [2.75, 3.05) is 7.05 Å². The molecular weight excluding hydrogens is 204 g/mol.